The predicted molar refractivity (Wildman–Crippen MR) is 91.2 cm³/mol. The molecule has 4 rings (SSSR count). The molecular formula is C19H18N4O. The van der Waals surface area contributed by atoms with Gasteiger partial charge in [-0.15, -0.1) is 0 Å². The molecule has 120 valence electrons. The molecule has 2 aromatic carbocycles. The SMILES string of the molecule is Cc1cc(-n2cncn2)ccc1C(=O)N[C@H]1C[C@H]1c1ccccc1. The number of aromatic nitrogens is 3. The molecule has 1 fully saturated rings. The number of amides is 1. The normalized spacial score (nSPS) is 19.0. The molecule has 1 saturated carbocycles. The van der Waals surface area contributed by atoms with Crippen molar-refractivity contribution < 1.29 is 4.79 Å². The minimum absolute atomic E-state index is 0.0129. The first kappa shape index (κ1) is 14.6. The highest BCUT2D eigenvalue weighted by Gasteiger charge is 2.39. The van der Waals surface area contributed by atoms with Gasteiger partial charge in [-0.3, -0.25) is 4.79 Å². The molecule has 3 aromatic rings. The van der Waals surface area contributed by atoms with Crippen LogP contribution >= 0.6 is 0 Å². The van der Waals surface area contributed by atoms with E-state index in [1.807, 2.05) is 43.3 Å². The molecule has 0 unspecified atom stereocenters. The highest BCUT2D eigenvalue weighted by Crippen LogP contribution is 2.40. The van der Waals surface area contributed by atoms with Crippen LogP contribution in [0.25, 0.3) is 5.69 Å². The highest BCUT2D eigenvalue weighted by molar-refractivity contribution is 5.96. The Morgan fingerprint density at radius 2 is 2.04 bits per heavy atom. The number of nitrogens with one attached hydrogen (secondary N) is 1. The first-order chi connectivity index (χ1) is 11.7. The zero-order valence-corrected chi connectivity index (χ0v) is 13.4. The minimum atomic E-state index is -0.0129. The van der Waals surface area contributed by atoms with Crippen molar-refractivity contribution in [1.82, 2.24) is 20.1 Å². The fourth-order valence-corrected chi connectivity index (χ4v) is 3.06. The molecule has 5 heteroatoms. The topological polar surface area (TPSA) is 59.8 Å². The van der Waals surface area contributed by atoms with Crippen LogP contribution in [0.1, 0.15) is 33.8 Å². The Labute approximate surface area is 140 Å². The number of carbonyl (C=O) groups is 1. The van der Waals surface area contributed by atoms with E-state index in [1.54, 1.807) is 11.0 Å². The molecular weight excluding hydrogens is 300 g/mol. The Kier molecular flexibility index (Phi) is 3.61. The third kappa shape index (κ3) is 2.80. The van der Waals surface area contributed by atoms with Gasteiger partial charge in [0.05, 0.1) is 5.69 Å². The second-order valence-electron chi connectivity index (χ2n) is 6.17. The summed E-state index contributed by atoms with van der Waals surface area (Å²) in [6, 6.07) is 16.3. The summed E-state index contributed by atoms with van der Waals surface area (Å²) < 4.78 is 1.68. The number of hydrogen-bond donors (Lipinski definition) is 1. The van der Waals surface area contributed by atoms with Crippen molar-refractivity contribution in [2.24, 2.45) is 0 Å². The van der Waals surface area contributed by atoms with E-state index in [0.29, 0.717) is 11.5 Å². The number of rotatable bonds is 4. The molecule has 0 spiro atoms. The lowest BCUT2D eigenvalue weighted by Gasteiger charge is -2.09. The summed E-state index contributed by atoms with van der Waals surface area (Å²) in [5.74, 6) is 0.422. The summed E-state index contributed by atoms with van der Waals surface area (Å²) in [6.45, 7) is 1.94. The van der Waals surface area contributed by atoms with Crippen LogP contribution in [-0.4, -0.2) is 26.7 Å². The van der Waals surface area contributed by atoms with Gasteiger partial charge in [-0.1, -0.05) is 30.3 Å². The van der Waals surface area contributed by atoms with E-state index in [-0.39, 0.29) is 11.9 Å². The Bertz CT molecular complexity index is 858. The van der Waals surface area contributed by atoms with Gasteiger partial charge in [-0.05, 0) is 42.7 Å². The van der Waals surface area contributed by atoms with E-state index >= 15 is 0 Å². The lowest BCUT2D eigenvalue weighted by Crippen LogP contribution is -2.27. The van der Waals surface area contributed by atoms with Crippen LogP contribution < -0.4 is 5.32 Å². The number of benzene rings is 2. The second kappa shape index (κ2) is 5.92. The third-order valence-electron chi connectivity index (χ3n) is 4.47. The minimum Gasteiger partial charge on any atom is -0.349 e. The van der Waals surface area contributed by atoms with Gasteiger partial charge in [0.1, 0.15) is 12.7 Å². The summed E-state index contributed by atoms with van der Waals surface area (Å²) >= 11 is 0. The average molecular weight is 318 g/mol. The van der Waals surface area contributed by atoms with Crippen LogP contribution in [0.4, 0.5) is 0 Å². The maximum Gasteiger partial charge on any atom is 0.251 e. The third-order valence-corrected chi connectivity index (χ3v) is 4.47. The largest absolute Gasteiger partial charge is 0.349 e. The van der Waals surface area contributed by atoms with Gasteiger partial charge in [0, 0.05) is 17.5 Å². The van der Waals surface area contributed by atoms with Crippen molar-refractivity contribution >= 4 is 5.91 Å². The summed E-state index contributed by atoms with van der Waals surface area (Å²) in [5, 5.41) is 7.25. The van der Waals surface area contributed by atoms with Gasteiger partial charge in [0.2, 0.25) is 0 Å². The molecule has 1 aliphatic carbocycles. The molecule has 5 nitrogen and oxygen atoms in total. The second-order valence-corrected chi connectivity index (χ2v) is 6.17. The summed E-state index contributed by atoms with van der Waals surface area (Å²) in [4.78, 5) is 16.5. The summed E-state index contributed by atoms with van der Waals surface area (Å²) in [5.41, 5.74) is 3.83. The molecule has 1 N–H and O–H groups in total. The van der Waals surface area contributed by atoms with Gasteiger partial charge < -0.3 is 5.32 Å². The van der Waals surface area contributed by atoms with Gasteiger partial charge >= 0.3 is 0 Å². The summed E-state index contributed by atoms with van der Waals surface area (Å²) in [7, 11) is 0. The van der Waals surface area contributed by atoms with Crippen molar-refractivity contribution in [3.05, 3.63) is 77.9 Å². The molecule has 1 heterocycles. The zero-order valence-electron chi connectivity index (χ0n) is 13.4. The quantitative estimate of drug-likeness (QED) is 0.804. The number of carbonyl (C=O) groups excluding carboxylic acids is 1. The molecule has 2 atom stereocenters. The molecule has 0 aliphatic heterocycles. The maximum atomic E-state index is 12.5. The number of hydrogen-bond acceptors (Lipinski definition) is 3. The van der Waals surface area contributed by atoms with Crippen LogP contribution in [0, 0.1) is 6.92 Å². The van der Waals surface area contributed by atoms with Crippen LogP contribution in [0.5, 0.6) is 0 Å². The Morgan fingerprint density at radius 1 is 1.21 bits per heavy atom. The van der Waals surface area contributed by atoms with E-state index < -0.39 is 0 Å². The Hall–Kier alpha value is -2.95. The Morgan fingerprint density at radius 3 is 2.75 bits per heavy atom. The van der Waals surface area contributed by atoms with Crippen molar-refractivity contribution in [3.8, 4) is 5.69 Å². The zero-order chi connectivity index (χ0) is 16.5. The summed E-state index contributed by atoms with van der Waals surface area (Å²) in [6.07, 6.45) is 4.14. The molecule has 0 radical (unpaired) electrons. The van der Waals surface area contributed by atoms with Crippen molar-refractivity contribution in [2.75, 3.05) is 0 Å². The molecule has 0 bridgehead atoms. The van der Waals surface area contributed by atoms with Crippen LogP contribution in [-0.2, 0) is 0 Å². The predicted octanol–water partition coefficient (Wildman–Crippen LogP) is 2.86. The van der Waals surface area contributed by atoms with E-state index in [4.69, 9.17) is 0 Å². The van der Waals surface area contributed by atoms with Crippen LogP contribution in [0.3, 0.4) is 0 Å². The van der Waals surface area contributed by atoms with Gasteiger partial charge in [0.25, 0.3) is 5.91 Å². The standard InChI is InChI=1S/C19H18N4O/c1-13-9-15(23-12-20-11-21-23)7-8-16(13)19(24)22-18-10-17(18)14-5-3-2-4-6-14/h2-9,11-12,17-18H,10H2,1H3,(H,22,24)/t17-,18-/m0/s1. The lowest BCUT2D eigenvalue weighted by atomic mass is 10.1. The van der Waals surface area contributed by atoms with Crippen molar-refractivity contribution in [3.63, 3.8) is 0 Å². The first-order valence-corrected chi connectivity index (χ1v) is 8.04. The molecule has 1 aliphatic rings. The van der Waals surface area contributed by atoms with Crippen molar-refractivity contribution in [1.29, 1.82) is 0 Å². The number of aryl methyl sites for hydroxylation is 1. The molecule has 1 amide bonds. The first-order valence-electron chi connectivity index (χ1n) is 8.04. The Balaban J connectivity index is 1.46. The average Bonchev–Trinajstić information content (AvgIpc) is 3.14. The smallest absolute Gasteiger partial charge is 0.251 e. The molecule has 1 aromatic heterocycles. The van der Waals surface area contributed by atoms with Gasteiger partial charge in [0.15, 0.2) is 0 Å². The lowest BCUT2D eigenvalue weighted by molar-refractivity contribution is 0.0949. The van der Waals surface area contributed by atoms with Gasteiger partial charge in [-0.25, -0.2) is 9.67 Å². The fraction of sp³-hybridized carbons (Fsp3) is 0.211. The molecule has 24 heavy (non-hydrogen) atoms. The fourth-order valence-electron chi connectivity index (χ4n) is 3.06. The van der Waals surface area contributed by atoms with E-state index in [1.165, 1.54) is 11.9 Å². The van der Waals surface area contributed by atoms with Crippen LogP contribution in [0.2, 0.25) is 0 Å². The van der Waals surface area contributed by atoms with E-state index in [2.05, 4.69) is 27.5 Å². The van der Waals surface area contributed by atoms with Crippen LogP contribution in [0.15, 0.2) is 61.2 Å². The van der Waals surface area contributed by atoms with Crippen molar-refractivity contribution in [2.45, 2.75) is 25.3 Å². The highest BCUT2D eigenvalue weighted by atomic mass is 16.1. The van der Waals surface area contributed by atoms with Gasteiger partial charge in [-0.2, -0.15) is 5.10 Å². The van der Waals surface area contributed by atoms with E-state index in [9.17, 15) is 4.79 Å². The number of nitrogens with zero attached hydrogens (tertiary/aromatic N) is 3. The monoisotopic (exact) mass is 318 g/mol. The van der Waals surface area contributed by atoms with E-state index in [0.717, 1.165) is 17.7 Å². The molecule has 0 saturated heterocycles. The maximum absolute atomic E-state index is 12.5.